The molecule has 0 aromatic heterocycles. The van der Waals surface area contributed by atoms with E-state index in [4.69, 9.17) is 4.74 Å². The summed E-state index contributed by atoms with van der Waals surface area (Å²) in [4.78, 5) is 12.0. The van der Waals surface area contributed by atoms with Crippen LogP contribution in [-0.4, -0.2) is 19.6 Å². The highest BCUT2D eigenvalue weighted by atomic mass is 16.5. The molecule has 1 rings (SSSR count). The molecular weight excluding hydrogens is 252 g/mol. The van der Waals surface area contributed by atoms with Crippen molar-refractivity contribution >= 4 is 5.91 Å². The second kappa shape index (κ2) is 8.59. The molecule has 0 saturated carbocycles. The number of rotatable bonds is 4. The van der Waals surface area contributed by atoms with Crippen LogP contribution < -0.4 is 15.6 Å². The summed E-state index contributed by atoms with van der Waals surface area (Å²) >= 11 is 0. The molecule has 0 unspecified atom stereocenters. The van der Waals surface area contributed by atoms with Crippen LogP contribution in [0.3, 0.4) is 0 Å². The first-order valence-corrected chi connectivity index (χ1v) is 7.02. The number of carbonyl (C=O) groups excluding carboxylic acids is 1. The molecule has 4 nitrogen and oxygen atoms in total. The molecule has 114 valence electrons. The van der Waals surface area contributed by atoms with Crippen molar-refractivity contribution in [3.8, 4) is 5.75 Å². The molecule has 0 aliphatic rings. The van der Waals surface area contributed by atoms with Crippen molar-refractivity contribution in [3.05, 3.63) is 29.3 Å². The smallest absolute Gasteiger partial charge is 0.265 e. The molecule has 0 atom stereocenters. The minimum absolute atomic E-state index is 0.122. The SMILES string of the molecule is CC.COc1cccc(C(=O)NNCC(C)(C)C)c1C. The fourth-order valence-electron chi connectivity index (χ4n) is 1.54. The molecule has 2 N–H and O–H groups in total. The zero-order valence-corrected chi connectivity index (χ0v) is 13.8. The van der Waals surface area contributed by atoms with E-state index >= 15 is 0 Å². The van der Waals surface area contributed by atoms with Crippen LogP contribution in [0.1, 0.15) is 50.5 Å². The third kappa shape index (κ3) is 6.06. The van der Waals surface area contributed by atoms with Crippen molar-refractivity contribution in [2.24, 2.45) is 5.41 Å². The van der Waals surface area contributed by atoms with Gasteiger partial charge in [0.25, 0.3) is 5.91 Å². The second-order valence-electron chi connectivity index (χ2n) is 5.50. The minimum Gasteiger partial charge on any atom is -0.496 e. The molecule has 0 spiro atoms. The first-order chi connectivity index (χ1) is 9.35. The maximum absolute atomic E-state index is 12.0. The number of benzene rings is 1. The van der Waals surface area contributed by atoms with Gasteiger partial charge in [-0.2, -0.15) is 0 Å². The van der Waals surface area contributed by atoms with Gasteiger partial charge in [-0.05, 0) is 24.5 Å². The van der Waals surface area contributed by atoms with Crippen molar-refractivity contribution < 1.29 is 9.53 Å². The van der Waals surface area contributed by atoms with Crippen LogP contribution in [-0.2, 0) is 0 Å². The van der Waals surface area contributed by atoms with Crippen molar-refractivity contribution in [2.45, 2.75) is 41.5 Å². The van der Waals surface area contributed by atoms with Gasteiger partial charge in [-0.25, -0.2) is 5.43 Å². The normalized spacial score (nSPS) is 10.3. The number of amides is 1. The molecule has 0 aliphatic heterocycles. The summed E-state index contributed by atoms with van der Waals surface area (Å²) in [5, 5.41) is 0. The van der Waals surface area contributed by atoms with Crippen molar-refractivity contribution in [2.75, 3.05) is 13.7 Å². The van der Waals surface area contributed by atoms with E-state index in [1.807, 2.05) is 32.9 Å². The van der Waals surface area contributed by atoms with Gasteiger partial charge in [0.15, 0.2) is 0 Å². The highest BCUT2D eigenvalue weighted by molar-refractivity contribution is 5.95. The molecule has 0 fully saturated rings. The second-order valence-corrected chi connectivity index (χ2v) is 5.50. The summed E-state index contributed by atoms with van der Waals surface area (Å²) in [6, 6.07) is 5.44. The monoisotopic (exact) mass is 280 g/mol. The molecule has 4 heteroatoms. The lowest BCUT2D eigenvalue weighted by atomic mass is 9.97. The number of carbonyl (C=O) groups is 1. The highest BCUT2D eigenvalue weighted by Crippen LogP contribution is 2.20. The number of hydrazine groups is 1. The number of hydrogen-bond acceptors (Lipinski definition) is 3. The Morgan fingerprint density at radius 3 is 2.35 bits per heavy atom. The van der Waals surface area contributed by atoms with Crippen LogP contribution in [0, 0.1) is 12.3 Å². The molecule has 0 bridgehead atoms. The first-order valence-electron chi connectivity index (χ1n) is 7.02. The third-order valence-electron chi connectivity index (χ3n) is 2.57. The molecule has 0 radical (unpaired) electrons. The summed E-state index contributed by atoms with van der Waals surface area (Å²) in [5.41, 5.74) is 7.24. The molecule has 0 saturated heterocycles. The average Bonchev–Trinajstić information content (AvgIpc) is 2.39. The standard InChI is InChI=1S/C14H22N2O2.C2H6/c1-10-11(7-6-8-12(10)18-5)13(17)16-15-9-14(2,3)4;1-2/h6-8,15H,9H2,1-5H3,(H,16,17);1-2H3. The molecule has 20 heavy (non-hydrogen) atoms. The van der Waals surface area contributed by atoms with E-state index in [9.17, 15) is 4.79 Å². The number of methoxy groups -OCH3 is 1. The topological polar surface area (TPSA) is 50.4 Å². The van der Waals surface area contributed by atoms with E-state index < -0.39 is 0 Å². The van der Waals surface area contributed by atoms with Gasteiger partial charge in [-0.3, -0.25) is 10.2 Å². The molecule has 1 aromatic carbocycles. The van der Waals surface area contributed by atoms with Crippen LogP contribution in [0.5, 0.6) is 5.75 Å². The Bertz CT molecular complexity index is 423. The Kier molecular flexibility index (Phi) is 7.92. The maximum Gasteiger partial charge on any atom is 0.265 e. The van der Waals surface area contributed by atoms with Gasteiger partial charge in [0, 0.05) is 17.7 Å². The predicted molar refractivity (Wildman–Crippen MR) is 84.0 cm³/mol. The van der Waals surface area contributed by atoms with Gasteiger partial charge in [0.1, 0.15) is 5.75 Å². The van der Waals surface area contributed by atoms with Gasteiger partial charge < -0.3 is 4.74 Å². The fourth-order valence-corrected chi connectivity index (χ4v) is 1.54. The number of nitrogens with one attached hydrogen (secondary N) is 2. The molecule has 0 aliphatic carbocycles. The van der Waals surface area contributed by atoms with Gasteiger partial charge in [-0.1, -0.05) is 40.7 Å². The highest BCUT2D eigenvalue weighted by Gasteiger charge is 2.13. The summed E-state index contributed by atoms with van der Waals surface area (Å²) in [6.07, 6.45) is 0. The van der Waals surface area contributed by atoms with Crippen LogP contribution in [0.15, 0.2) is 18.2 Å². The lowest BCUT2D eigenvalue weighted by molar-refractivity contribution is 0.0926. The Hall–Kier alpha value is -1.55. The predicted octanol–water partition coefficient (Wildman–Crippen LogP) is 3.31. The summed E-state index contributed by atoms with van der Waals surface area (Å²) < 4.78 is 5.19. The molecule has 1 amide bonds. The molecular formula is C16H28N2O2. The number of hydrogen-bond donors (Lipinski definition) is 2. The third-order valence-corrected chi connectivity index (χ3v) is 2.57. The van der Waals surface area contributed by atoms with E-state index in [-0.39, 0.29) is 11.3 Å². The average molecular weight is 280 g/mol. The molecule has 1 aromatic rings. The number of ether oxygens (including phenoxy) is 1. The fraction of sp³-hybridized carbons (Fsp3) is 0.562. The Morgan fingerprint density at radius 1 is 1.25 bits per heavy atom. The van der Waals surface area contributed by atoms with E-state index in [1.54, 1.807) is 13.2 Å². The van der Waals surface area contributed by atoms with Crippen molar-refractivity contribution in [1.29, 1.82) is 0 Å². The quantitative estimate of drug-likeness (QED) is 0.832. The van der Waals surface area contributed by atoms with Crippen LogP contribution in [0.25, 0.3) is 0 Å². The van der Waals surface area contributed by atoms with Crippen LogP contribution >= 0.6 is 0 Å². The van der Waals surface area contributed by atoms with Gasteiger partial charge in [-0.15, -0.1) is 0 Å². The summed E-state index contributed by atoms with van der Waals surface area (Å²) in [6.45, 7) is 12.9. The summed E-state index contributed by atoms with van der Waals surface area (Å²) in [5.74, 6) is 0.578. The zero-order valence-electron chi connectivity index (χ0n) is 13.8. The van der Waals surface area contributed by atoms with E-state index in [2.05, 4.69) is 31.6 Å². The van der Waals surface area contributed by atoms with E-state index in [0.717, 1.165) is 11.3 Å². The van der Waals surface area contributed by atoms with Gasteiger partial charge in [0.05, 0.1) is 7.11 Å². The largest absolute Gasteiger partial charge is 0.496 e. The van der Waals surface area contributed by atoms with E-state index in [0.29, 0.717) is 12.1 Å². The Balaban J connectivity index is 0.00000172. The first kappa shape index (κ1) is 18.4. The van der Waals surface area contributed by atoms with Crippen molar-refractivity contribution in [3.63, 3.8) is 0 Å². The van der Waals surface area contributed by atoms with Crippen molar-refractivity contribution in [1.82, 2.24) is 10.9 Å². The lowest BCUT2D eigenvalue weighted by Crippen LogP contribution is -2.42. The Labute approximate surface area is 122 Å². The van der Waals surface area contributed by atoms with E-state index in [1.165, 1.54) is 0 Å². The van der Waals surface area contributed by atoms with Crippen LogP contribution in [0.2, 0.25) is 0 Å². The van der Waals surface area contributed by atoms with Gasteiger partial charge >= 0.3 is 0 Å². The lowest BCUT2D eigenvalue weighted by Gasteiger charge is -2.19. The van der Waals surface area contributed by atoms with Gasteiger partial charge in [0.2, 0.25) is 0 Å². The van der Waals surface area contributed by atoms with Crippen LogP contribution in [0.4, 0.5) is 0 Å². The molecule has 0 heterocycles. The maximum atomic E-state index is 12.0. The summed E-state index contributed by atoms with van der Waals surface area (Å²) in [7, 11) is 1.60. The Morgan fingerprint density at radius 2 is 1.85 bits per heavy atom. The zero-order chi connectivity index (χ0) is 15.8. The minimum atomic E-state index is -0.143.